The average molecular weight is 473 g/mol. The molecule has 0 atom stereocenters. The van der Waals surface area contributed by atoms with E-state index in [9.17, 15) is 0 Å². The molecule has 0 amide bonds. The number of benzene rings is 6. The molecule has 6 aromatic carbocycles. The van der Waals surface area contributed by atoms with Crippen molar-refractivity contribution in [1.29, 1.82) is 0 Å². The van der Waals surface area contributed by atoms with Crippen LogP contribution >= 0.6 is 0 Å². The summed E-state index contributed by atoms with van der Waals surface area (Å²) >= 11 is 0. The first-order chi connectivity index (χ1) is 18.3. The van der Waals surface area contributed by atoms with E-state index in [1.807, 2.05) is 0 Å². The van der Waals surface area contributed by atoms with Crippen molar-refractivity contribution in [3.8, 4) is 0 Å². The Labute approximate surface area is 205 Å². The zero-order valence-electron chi connectivity index (χ0n) is 19.1. The molecule has 0 saturated carbocycles. The highest BCUT2D eigenvalue weighted by Crippen LogP contribution is 2.49. The average Bonchev–Trinajstić information content (AvgIpc) is 2.95. The molecule has 0 spiro atoms. The molecule has 9 aromatic rings. The molecule has 0 bridgehead atoms. The molecule has 0 aliphatic carbocycles. The normalized spacial score (nSPS) is 14.4. The lowest BCUT2D eigenvalue weighted by molar-refractivity contribution is 0.647. The van der Waals surface area contributed by atoms with Crippen molar-refractivity contribution in [3.05, 3.63) is 72.8 Å². The number of hydrogen-bond acceptors (Lipinski definition) is 3. The van der Waals surface area contributed by atoms with Crippen LogP contribution in [0.15, 0.2) is 86.0 Å². The highest BCUT2D eigenvalue weighted by atomic mass is 16.3. The lowest BCUT2D eigenvalue weighted by Gasteiger charge is -2.38. The molecule has 0 saturated heterocycles. The Hall–Kier alpha value is -5.04. The van der Waals surface area contributed by atoms with Crippen LogP contribution in [0, 0.1) is 0 Å². The fourth-order valence-corrected chi connectivity index (χ4v) is 7.69. The highest BCUT2D eigenvalue weighted by molar-refractivity contribution is 6.66. The van der Waals surface area contributed by atoms with Crippen molar-refractivity contribution in [2.45, 2.75) is 0 Å². The molecule has 168 valence electrons. The van der Waals surface area contributed by atoms with Crippen LogP contribution in [0.2, 0.25) is 0 Å². The second kappa shape index (κ2) is 4.82. The molecule has 37 heavy (non-hydrogen) atoms. The van der Waals surface area contributed by atoms with E-state index in [1.165, 1.54) is 32.3 Å². The Kier molecular flexibility index (Phi) is 2.16. The summed E-state index contributed by atoms with van der Waals surface area (Å²) in [5.41, 5.74) is 11.9. The third kappa shape index (κ3) is 1.47. The van der Waals surface area contributed by atoms with Crippen molar-refractivity contribution in [2.75, 3.05) is 0 Å². The van der Waals surface area contributed by atoms with Crippen LogP contribution in [0.3, 0.4) is 0 Å². The lowest BCUT2D eigenvalue weighted by Crippen LogP contribution is -2.47. The summed E-state index contributed by atoms with van der Waals surface area (Å²) in [5, 5.41) is 7.04. The summed E-state index contributed by atoms with van der Waals surface area (Å²) in [6.45, 7) is 0. The van der Waals surface area contributed by atoms with Gasteiger partial charge in [-0.3, -0.25) is 0 Å². The van der Waals surface area contributed by atoms with Crippen LogP contribution in [0.25, 0.3) is 98.9 Å². The molecular weight excluding hydrogens is 461 g/mol. The SMILES string of the molecule is c1cc2oc3ccc4ccc5oc6ccc7ccc8oc9ccc1c1c2n2c3c4c5n3c6c7c8n(c91)B23. The predicted octanol–water partition coefficient (Wildman–Crippen LogP) is 7.81. The summed E-state index contributed by atoms with van der Waals surface area (Å²) in [6, 6.07) is 25.6. The first-order valence-electron chi connectivity index (χ1n) is 12.6. The van der Waals surface area contributed by atoms with Crippen molar-refractivity contribution < 1.29 is 13.3 Å². The second-order valence-corrected chi connectivity index (χ2v) is 10.5. The Morgan fingerprint density at radius 1 is 0.351 bits per heavy atom. The second-order valence-electron chi connectivity index (χ2n) is 10.5. The van der Waals surface area contributed by atoms with Crippen molar-refractivity contribution in [2.24, 2.45) is 0 Å². The van der Waals surface area contributed by atoms with E-state index in [0.29, 0.717) is 0 Å². The summed E-state index contributed by atoms with van der Waals surface area (Å²) in [6.07, 6.45) is 0. The van der Waals surface area contributed by atoms with Gasteiger partial charge in [0.1, 0.15) is 0 Å². The van der Waals surface area contributed by atoms with E-state index < -0.39 is 0 Å². The minimum absolute atomic E-state index is 0.148. The minimum atomic E-state index is -0.148. The van der Waals surface area contributed by atoms with E-state index >= 15 is 0 Å². The molecule has 7 heteroatoms. The summed E-state index contributed by atoms with van der Waals surface area (Å²) in [5.74, 6) is 0. The maximum atomic E-state index is 6.63. The fraction of sp³-hybridized carbons (Fsp3) is 0. The quantitative estimate of drug-likeness (QED) is 0.128. The van der Waals surface area contributed by atoms with E-state index in [-0.39, 0.29) is 7.12 Å². The van der Waals surface area contributed by atoms with Gasteiger partial charge in [0.05, 0.1) is 33.1 Å². The van der Waals surface area contributed by atoms with Gasteiger partial charge >= 0.3 is 7.12 Å². The van der Waals surface area contributed by atoms with Gasteiger partial charge < -0.3 is 26.7 Å². The third-order valence-electron chi connectivity index (χ3n) is 8.97. The zero-order valence-corrected chi connectivity index (χ0v) is 19.1. The first kappa shape index (κ1) is 16.6. The largest absolute Gasteiger partial charge is 0.519 e. The summed E-state index contributed by atoms with van der Waals surface area (Å²) in [4.78, 5) is 0. The van der Waals surface area contributed by atoms with Crippen LogP contribution in [-0.4, -0.2) is 20.6 Å². The van der Waals surface area contributed by atoms with Gasteiger partial charge in [0, 0.05) is 16.2 Å². The van der Waals surface area contributed by atoms with Crippen LogP contribution in [0.5, 0.6) is 0 Å². The van der Waals surface area contributed by atoms with E-state index in [4.69, 9.17) is 13.3 Å². The standard InChI is InChI=1S/C30H12BN3O3/c1-7-16-25-22-13(1)2-8-17-26(22)33-28-19(36-17)10-4-15-6-12-21-30(24(15)28)34-29-20(37-21)11-5-14-3-9-18(35-16)27(23(14)29)32(25)31(33)34/h1-12H. The Balaban J connectivity index is 1.65. The Morgan fingerprint density at radius 2 is 0.595 bits per heavy atom. The number of hydrogen-bond donors (Lipinski definition) is 0. The molecule has 0 N–H and O–H groups in total. The molecule has 6 heterocycles. The number of aromatic nitrogens is 3. The third-order valence-corrected chi connectivity index (χ3v) is 8.97. The topological polar surface area (TPSA) is 54.2 Å². The van der Waals surface area contributed by atoms with Crippen LogP contribution in [0.4, 0.5) is 0 Å². The van der Waals surface area contributed by atoms with Crippen LogP contribution < -0.4 is 0 Å². The van der Waals surface area contributed by atoms with Gasteiger partial charge in [-0.15, -0.1) is 0 Å². The molecule has 3 aromatic heterocycles. The summed E-state index contributed by atoms with van der Waals surface area (Å²) in [7, 11) is -0.148. The van der Waals surface area contributed by atoms with Crippen molar-refractivity contribution >= 4 is 106 Å². The molecule has 0 fully saturated rings. The van der Waals surface area contributed by atoms with Gasteiger partial charge in [-0.05, 0) is 52.6 Å². The predicted molar refractivity (Wildman–Crippen MR) is 147 cm³/mol. The van der Waals surface area contributed by atoms with Gasteiger partial charge in [0.25, 0.3) is 0 Å². The molecule has 0 radical (unpaired) electrons. The van der Waals surface area contributed by atoms with Gasteiger partial charge in [-0.2, -0.15) is 0 Å². The fourth-order valence-electron chi connectivity index (χ4n) is 7.69. The van der Waals surface area contributed by atoms with Gasteiger partial charge in [-0.25, -0.2) is 0 Å². The van der Waals surface area contributed by atoms with Crippen LogP contribution in [-0.2, 0) is 0 Å². The molecule has 3 aliphatic rings. The van der Waals surface area contributed by atoms with Gasteiger partial charge in [0.2, 0.25) is 0 Å². The highest BCUT2D eigenvalue weighted by Gasteiger charge is 2.43. The zero-order chi connectivity index (χ0) is 23.3. The molecule has 3 aliphatic heterocycles. The molecule has 6 nitrogen and oxygen atoms in total. The number of rotatable bonds is 0. The summed E-state index contributed by atoms with van der Waals surface area (Å²) < 4.78 is 27.4. The lowest BCUT2D eigenvalue weighted by atomic mass is 9.78. The van der Waals surface area contributed by atoms with Crippen molar-refractivity contribution in [1.82, 2.24) is 13.4 Å². The minimum Gasteiger partial charge on any atom is -0.453 e. The smallest absolute Gasteiger partial charge is 0.453 e. The molecule has 12 rings (SSSR count). The van der Waals surface area contributed by atoms with Gasteiger partial charge in [0.15, 0.2) is 33.5 Å². The molecular formula is C30H12BN3O3. The number of nitrogens with zero attached hydrogens (tertiary/aromatic N) is 3. The van der Waals surface area contributed by atoms with Crippen LogP contribution in [0.1, 0.15) is 0 Å². The monoisotopic (exact) mass is 473 g/mol. The van der Waals surface area contributed by atoms with E-state index in [0.717, 1.165) is 66.6 Å². The van der Waals surface area contributed by atoms with E-state index in [1.54, 1.807) is 0 Å². The first-order valence-corrected chi connectivity index (χ1v) is 12.6. The Bertz CT molecular complexity index is 2300. The maximum Gasteiger partial charge on any atom is 0.519 e. The van der Waals surface area contributed by atoms with E-state index in [2.05, 4.69) is 86.2 Å². The maximum absolute atomic E-state index is 6.63. The Morgan fingerprint density at radius 3 is 0.838 bits per heavy atom. The van der Waals surface area contributed by atoms with Crippen molar-refractivity contribution in [3.63, 3.8) is 0 Å². The molecule has 0 unspecified atom stereocenters. The van der Waals surface area contributed by atoms with Gasteiger partial charge in [-0.1, -0.05) is 36.4 Å².